The van der Waals surface area contributed by atoms with Crippen LogP contribution in [0.2, 0.25) is 0 Å². The molecule has 0 radical (unpaired) electrons. The summed E-state index contributed by atoms with van der Waals surface area (Å²) in [6.45, 7) is 2.47. The molecule has 0 amide bonds. The maximum Gasteiger partial charge on any atom is 0.306 e. The first-order chi connectivity index (χ1) is 9.25. The van der Waals surface area contributed by atoms with E-state index in [-0.39, 0.29) is 11.9 Å². The van der Waals surface area contributed by atoms with Crippen LogP contribution in [0.25, 0.3) is 0 Å². The summed E-state index contributed by atoms with van der Waals surface area (Å²) in [5, 5.41) is 2.03. The van der Waals surface area contributed by atoms with Crippen molar-refractivity contribution in [3.05, 3.63) is 52.5 Å². The van der Waals surface area contributed by atoms with Crippen LogP contribution in [-0.2, 0) is 16.0 Å². The summed E-state index contributed by atoms with van der Waals surface area (Å²) in [6, 6.07) is 7.92. The number of esters is 1. The normalized spacial score (nSPS) is 12.1. The monoisotopic (exact) mass is 275 g/mol. The van der Waals surface area contributed by atoms with Gasteiger partial charge in [0.05, 0.1) is 13.0 Å². The van der Waals surface area contributed by atoms with Crippen LogP contribution in [-0.4, -0.2) is 17.6 Å². The number of nitrogens with zero attached hydrogens (tertiary/aromatic N) is 1. The maximum atomic E-state index is 11.7. The summed E-state index contributed by atoms with van der Waals surface area (Å²) in [5.74, 6) is -0.00385. The van der Waals surface area contributed by atoms with Gasteiger partial charge in [0.2, 0.25) is 0 Å². The number of carbonyl (C=O) groups is 1. The number of hydrogen-bond acceptors (Lipinski definition) is 4. The predicted molar refractivity (Wildman–Crippen MR) is 76.3 cm³/mol. The molecule has 0 spiro atoms. The van der Waals surface area contributed by atoms with E-state index in [1.54, 1.807) is 23.7 Å². The van der Waals surface area contributed by atoms with E-state index >= 15 is 0 Å². The Kier molecular flexibility index (Phi) is 5.10. The van der Waals surface area contributed by atoms with E-state index in [9.17, 15) is 4.79 Å². The highest BCUT2D eigenvalue weighted by atomic mass is 32.1. The minimum absolute atomic E-state index is 0.142. The molecule has 0 aliphatic rings. The molecule has 0 aliphatic carbocycles. The number of thiophene rings is 1. The third-order valence-electron chi connectivity index (χ3n) is 2.92. The largest absolute Gasteiger partial charge is 0.465 e. The van der Waals surface area contributed by atoms with Crippen molar-refractivity contribution in [2.75, 3.05) is 6.61 Å². The Hall–Kier alpha value is -1.68. The Morgan fingerprint density at radius 1 is 1.42 bits per heavy atom. The van der Waals surface area contributed by atoms with Gasteiger partial charge in [0.1, 0.15) is 0 Å². The molecule has 0 N–H and O–H groups in total. The van der Waals surface area contributed by atoms with Crippen LogP contribution in [0.3, 0.4) is 0 Å². The van der Waals surface area contributed by atoms with Crippen LogP contribution in [0.15, 0.2) is 42.0 Å². The Balaban J connectivity index is 1.72. The van der Waals surface area contributed by atoms with Gasteiger partial charge in [0, 0.05) is 23.7 Å². The SMILES string of the molecule is C[C@H](CC(=O)OCCc1cccs1)c1cccnc1. The second-order valence-corrected chi connectivity index (χ2v) is 5.47. The van der Waals surface area contributed by atoms with Crippen molar-refractivity contribution in [3.63, 3.8) is 0 Å². The zero-order valence-electron chi connectivity index (χ0n) is 10.9. The Bertz CT molecular complexity index is 496. The van der Waals surface area contributed by atoms with E-state index in [2.05, 4.69) is 11.1 Å². The van der Waals surface area contributed by atoms with Crippen molar-refractivity contribution in [2.45, 2.75) is 25.7 Å². The van der Waals surface area contributed by atoms with Crippen LogP contribution >= 0.6 is 11.3 Å². The minimum atomic E-state index is -0.145. The van der Waals surface area contributed by atoms with Crippen molar-refractivity contribution in [1.82, 2.24) is 4.98 Å². The standard InChI is InChI=1S/C15H17NO2S/c1-12(13-4-2-7-16-11-13)10-15(17)18-8-6-14-5-3-9-19-14/h2-5,7,9,11-12H,6,8,10H2,1H3/t12-/m1/s1. The molecule has 1 atom stereocenters. The van der Waals surface area contributed by atoms with E-state index in [0.29, 0.717) is 13.0 Å². The van der Waals surface area contributed by atoms with Gasteiger partial charge in [-0.3, -0.25) is 9.78 Å². The molecule has 0 bridgehead atoms. The van der Waals surface area contributed by atoms with Crippen molar-refractivity contribution in [3.8, 4) is 0 Å². The summed E-state index contributed by atoms with van der Waals surface area (Å²) in [6.07, 6.45) is 4.72. The van der Waals surface area contributed by atoms with Gasteiger partial charge < -0.3 is 4.74 Å². The molecule has 2 aromatic rings. The molecular formula is C15H17NO2S. The topological polar surface area (TPSA) is 39.2 Å². The zero-order chi connectivity index (χ0) is 13.5. The maximum absolute atomic E-state index is 11.7. The van der Waals surface area contributed by atoms with Crippen LogP contribution in [0.4, 0.5) is 0 Å². The summed E-state index contributed by atoms with van der Waals surface area (Å²) in [5.41, 5.74) is 1.07. The van der Waals surface area contributed by atoms with Gasteiger partial charge >= 0.3 is 5.97 Å². The van der Waals surface area contributed by atoms with Gasteiger partial charge in [0.25, 0.3) is 0 Å². The molecule has 2 aromatic heterocycles. The predicted octanol–water partition coefficient (Wildman–Crippen LogP) is 3.42. The number of aromatic nitrogens is 1. The van der Waals surface area contributed by atoms with Gasteiger partial charge in [-0.2, -0.15) is 0 Å². The van der Waals surface area contributed by atoms with E-state index in [0.717, 1.165) is 12.0 Å². The Morgan fingerprint density at radius 3 is 3.00 bits per heavy atom. The summed E-state index contributed by atoms with van der Waals surface area (Å²) in [7, 11) is 0. The average molecular weight is 275 g/mol. The molecule has 0 saturated heterocycles. The zero-order valence-corrected chi connectivity index (χ0v) is 11.7. The molecule has 3 nitrogen and oxygen atoms in total. The lowest BCUT2D eigenvalue weighted by atomic mass is 10.00. The van der Waals surface area contributed by atoms with Crippen LogP contribution < -0.4 is 0 Å². The van der Waals surface area contributed by atoms with Gasteiger partial charge in [0.15, 0.2) is 0 Å². The molecule has 19 heavy (non-hydrogen) atoms. The van der Waals surface area contributed by atoms with Crippen LogP contribution in [0.5, 0.6) is 0 Å². The molecule has 0 aliphatic heterocycles. The lowest BCUT2D eigenvalue weighted by Gasteiger charge is -2.10. The Labute approximate surface area is 117 Å². The van der Waals surface area contributed by atoms with Gasteiger partial charge in [-0.05, 0) is 29.0 Å². The molecule has 0 fully saturated rings. The fraction of sp³-hybridized carbons (Fsp3) is 0.333. The summed E-state index contributed by atoms with van der Waals surface area (Å²) >= 11 is 1.69. The van der Waals surface area contributed by atoms with E-state index in [1.165, 1.54) is 4.88 Å². The fourth-order valence-electron chi connectivity index (χ4n) is 1.81. The second-order valence-electron chi connectivity index (χ2n) is 4.44. The summed E-state index contributed by atoms with van der Waals surface area (Å²) in [4.78, 5) is 17.0. The van der Waals surface area contributed by atoms with Crippen molar-refractivity contribution < 1.29 is 9.53 Å². The molecule has 2 heterocycles. The minimum Gasteiger partial charge on any atom is -0.465 e. The quantitative estimate of drug-likeness (QED) is 0.758. The van der Waals surface area contributed by atoms with E-state index < -0.39 is 0 Å². The Morgan fingerprint density at radius 2 is 2.32 bits per heavy atom. The number of hydrogen-bond donors (Lipinski definition) is 0. The highest BCUT2D eigenvalue weighted by Crippen LogP contribution is 2.18. The molecule has 0 unspecified atom stereocenters. The number of ether oxygens (including phenoxy) is 1. The summed E-state index contributed by atoms with van der Waals surface area (Å²) < 4.78 is 5.25. The third kappa shape index (κ3) is 4.48. The lowest BCUT2D eigenvalue weighted by molar-refractivity contribution is -0.143. The fourth-order valence-corrected chi connectivity index (χ4v) is 2.50. The van der Waals surface area contributed by atoms with Gasteiger partial charge in [-0.15, -0.1) is 11.3 Å². The highest BCUT2D eigenvalue weighted by Gasteiger charge is 2.12. The molecule has 2 rings (SSSR count). The highest BCUT2D eigenvalue weighted by molar-refractivity contribution is 7.09. The third-order valence-corrected chi connectivity index (χ3v) is 3.85. The first-order valence-electron chi connectivity index (χ1n) is 6.33. The van der Waals surface area contributed by atoms with E-state index in [4.69, 9.17) is 4.74 Å². The van der Waals surface area contributed by atoms with Crippen molar-refractivity contribution in [1.29, 1.82) is 0 Å². The second kappa shape index (κ2) is 7.04. The number of carbonyl (C=O) groups excluding carboxylic acids is 1. The van der Waals surface area contributed by atoms with Crippen molar-refractivity contribution >= 4 is 17.3 Å². The number of rotatable bonds is 6. The van der Waals surface area contributed by atoms with Crippen molar-refractivity contribution in [2.24, 2.45) is 0 Å². The first-order valence-corrected chi connectivity index (χ1v) is 7.21. The van der Waals surface area contributed by atoms with Crippen LogP contribution in [0.1, 0.15) is 29.7 Å². The average Bonchev–Trinajstić information content (AvgIpc) is 2.93. The number of pyridine rings is 1. The van der Waals surface area contributed by atoms with Crippen LogP contribution in [0, 0.1) is 0 Å². The molecule has 0 aromatic carbocycles. The smallest absolute Gasteiger partial charge is 0.306 e. The first kappa shape index (κ1) is 13.7. The van der Waals surface area contributed by atoms with E-state index in [1.807, 2.05) is 30.5 Å². The molecule has 0 saturated carbocycles. The lowest BCUT2D eigenvalue weighted by Crippen LogP contribution is -2.10. The molecular weight excluding hydrogens is 258 g/mol. The van der Waals surface area contributed by atoms with Gasteiger partial charge in [-0.1, -0.05) is 19.1 Å². The van der Waals surface area contributed by atoms with Gasteiger partial charge in [-0.25, -0.2) is 0 Å². The molecule has 4 heteroatoms. The molecule has 100 valence electrons.